The van der Waals surface area contributed by atoms with Crippen LogP contribution in [0.2, 0.25) is 5.02 Å². The van der Waals surface area contributed by atoms with Crippen LogP contribution >= 0.6 is 11.6 Å². The van der Waals surface area contributed by atoms with Gasteiger partial charge in [-0.05, 0) is 43.7 Å². The number of H-pyrrole nitrogens is 1. The molecule has 0 atom stereocenters. The molecule has 2 N–H and O–H groups in total. The maximum atomic E-state index is 12.0. The van der Waals surface area contributed by atoms with Crippen LogP contribution in [-0.2, 0) is 22.5 Å². The standard InChI is InChI=1S/C28H34ClN7O4/c1-18(2)31-26(37)17-40-23-7-5-20(14-24(23)38-3)28-32-25(36(34-28)9-8-35-10-12-39-13-11-35)15-19-4-6-22-21(27(19)29)16-30-33-22/h4-7,14,16,18H,8-13,15,17H2,1-3H3,(H,30,33)(H,31,37). The third-order valence-corrected chi connectivity index (χ3v) is 7.14. The Balaban J connectivity index is 1.40. The predicted octanol–water partition coefficient (Wildman–Crippen LogP) is 3.31. The van der Waals surface area contributed by atoms with Gasteiger partial charge in [-0.15, -0.1) is 0 Å². The van der Waals surface area contributed by atoms with Crippen LogP contribution in [0.15, 0.2) is 36.5 Å². The number of halogens is 1. The molecule has 212 valence electrons. The number of rotatable bonds is 11. The van der Waals surface area contributed by atoms with E-state index in [0.717, 1.165) is 60.7 Å². The minimum absolute atomic E-state index is 0.0375. The van der Waals surface area contributed by atoms with Crippen LogP contribution in [0.1, 0.15) is 25.2 Å². The number of ether oxygens (including phenoxy) is 3. The highest BCUT2D eigenvalue weighted by Gasteiger charge is 2.19. The molecule has 4 aromatic rings. The molecule has 1 aliphatic rings. The number of carbonyl (C=O) groups excluding carboxylic acids is 1. The van der Waals surface area contributed by atoms with Crippen LogP contribution in [-0.4, -0.2) is 88.4 Å². The molecule has 0 unspecified atom stereocenters. The molecule has 1 saturated heterocycles. The van der Waals surface area contributed by atoms with Crippen LogP contribution in [0.5, 0.6) is 11.5 Å². The van der Waals surface area contributed by atoms with E-state index in [-0.39, 0.29) is 18.6 Å². The lowest BCUT2D eigenvalue weighted by Gasteiger charge is -2.26. The van der Waals surface area contributed by atoms with Gasteiger partial charge in [0.2, 0.25) is 0 Å². The molecule has 12 heteroatoms. The van der Waals surface area contributed by atoms with E-state index in [2.05, 4.69) is 20.4 Å². The number of aromatic amines is 1. The number of methoxy groups -OCH3 is 1. The first kappa shape index (κ1) is 27.9. The first-order valence-electron chi connectivity index (χ1n) is 13.4. The molecular weight excluding hydrogens is 534 g/mol. The number of hydrogen-bond acceptors (Lipinski definition) is 8. The highest BCUT2D eigenvalue weighted by molar-refractivity contribution is 6.36. The van der Waals surface area contributed by atoms with Crippen molar-refractivity contribution in [3.8, 4) is 22.9 Å². The fourth-order valence-corrected chi connectivity index (χ4v) is 4.92. The Bertz CT molecular complexity index is 1460. The van der Waals surface area contributed by atoms with Crippen molar-refractivity contribution in [2.75, 3.05) is 46.6 Å². The zero-order valence-corrected chi connectivity index (χ0v) is 23.7. The second kappa shape index (κ2) is 12.7. The van der Waals surface area contributed by atoms with Crippen LogP contribution < -0.4 is 14.8 Å². The van der Waals surface area contributed by atoms with Crippen molar-refractivity contribution in [2.45, 2.75) is 32.9 Å². The zero-order valence-electron chi connectivity index (χ0n) is 22.9. The minimum Gasteiger partial charge on any atom is -0.493 e. The Kier molecular flexibility index (Phi) is 8.83. The number of hydrogen-bond donors (Lipinski definition) is 2. The smallest absolute Gasteiger partial charge is 0.258 e. The van der Waals surface area contributed by atoms with Gasteiger partial charge >= 0.3 is 0 Å². The number of amides is 1. The van der Waals surface area contributed by atoms with Crippen LogP contribution in [0, 0.1) is 0 Å². The summed E-state index contributed by atoms with van der Waals surface area (Å²) < 4.78 is 18.7. The third kappa shape index (κ3) is 6.55. The molecule has 1 amide bonds. The average molecular weight is 568 g/mol. The molecule has 2 aromatic heterocycles. The van der Waals surface area contributed by atoms with Gasteiger partial charge in [0.1, 0.15) is 5.82 Å². The Morgan fingerprint density at radius 1 is 1.18 bits per heavy atom. The number of fused-ring (bicyclic) bond motifs is 1. The molecular formula is C28H34ClN7O4. The summed E-state index contributed by atoms with van der Waals surface area (Å²) in [6.45, 7) is 8.48. The molecule has 3 heterocycles. The van der Waals surface area contributed by atoms with Gasteiger partial charge in [0, 0.05) is 43.0 Å². The highest BCUT2D eigenvalue weighted by atomic mass is 35.5. The summed E-state index contributed by atoms with van der Waals surface area (Å²) >= 11 is 6.75. The van der Waals surface area contributed by atoms with E-state index < -0.39 is 0 Å². The molecule has 2 aromatic carbocycles. The van der Waals surface area contributed by atoms with E-state index >= 15 is 0 Å². The van der Waals surface area contributed by atoms with Gasteiger partial charge in [-0.3, -0.25) is 14.8 Å². The monoisotopic (exact) mass is 567 g/mol. The zero-order chi connectivity index (χ0) is 28.1. The van der Waals surface area contributed by atoms with Gasteiger partial charge in [0.15, 0.2) is 23.9 Å². The van der Waals surface area contributed by atoms with Crippen molar-refractivity contribution < 1.29 is 19.0 Å². The molecule has 1 aliphatic heterocycles. The first-order valence-corrected chi connectivity index (χ1v) is 13.7. The fourth-order valence-electron chi connectivity index (χ4n) is 4.64. The summed E-state index contributed by atoms with van der Waals surface area (Å²) in [5, 5.41) is 16.3. The van der Waals surface area contributed by atoms with Crippen molar-refractivity contribution in [3.63, 3.8) is 0 Å². The lowest BCUT2D eigenvalue weighted by Crippen LogP contribution is -2.38. The van der Waals surface area contributed by atoms with E-state index in [4.69, 9.17) is 35.9 Å². The van der Waals surface area contributed by atoms with Gasteiger partial charge in [0.05, 0.1) is 43.6 Å². The number of nitrogens with zero attached hydrogens (tertiary/aromatic N) is 5. The van der Waals surface area contributed by atoms with Gasteiger partial charge < -0.3 is 19.5 Å². The van der Waals surface area contributed by atoms with Crippen LogP contribution in [0.4, 0.5) is 0 Å². The maximum absolute atomic E-state index is 12.0. The molecule has 0 aliphatic carbocycles. The quantitative estimate of drug-likeness (QED) is 0.283. The SMILES string of the molecule is COc1cc(-c2nc(Cc3ccc4[nH]ncc4c3Cl)n(CCN3CCOCC3)n2)ccc1OCC(=O)NC(C)C. The number of benzene rings is 2. The van der Waals surface area contributed by atoms with Crippen molar-refractivity contribution in [1.29, 1.82) is 0 Å². The minimum atomic E-state index is -0.196. The Labute approximate surface area is 237 Å². The fraction of sp³-hybridized carbons (Fsp3) is 0.429. The molecule has 0 saturated carbocycles. The highest BCUT2D eigenvalue weighted by Crippen LogP contribution is 2.32. The number of aromatic nitrogens is 5. The molecule has 0 bridgehead atoms. The van der Waals surface area contributed by atoms with Crippen molar-refractivity contribution in [1.82, 2.24) is 35.2 Å². The lowest BCUT2D eigenvalue weighted by atomic mass is 10.1. The Hall–Kier alpha value is -3.67. The van der Waals surface area contributed by atoms with Gasteiger partial charge in [0.25, 0.3) is 5.91 Å². The van der Waals surface area contributed by atoms with Crippen molar-refractivity contribution in [3.05, 3.63) is 52.9 Å². The van der Waals surface area contributed by atoms with E-state index in [1.165, 1.54) is 0 Å². The third-order valence-electron chi connectivity index (χ3n) is 6.70. The summed E-state index contributed by atoms with van der Waals surface area (Å²) in [6, 6.07) is 9.47. The topological polar surface area (TPSA) is 119 Å². The first-order chi connectivity index (χ1) is 19.4. The molecule has 0 spiro atoms. The molecule has 11 nitrogen and oxygen atoms in total. The molecule has 1 fully saturated rings. The summed E-state index contributed by atoms with van der Waals surface area (Å²) in [6.07, 6.45) is 2.25. The summed E-state index contributed by atoms with van der Waals surface area (Å²) in [5.41, 5.74) is 2.61. The maximum Gasteiger partial charge on any atom is 0.258 e. The van der Waals surface area contributed by atoms with Crippen molar-refractivity contribution in [2.24, 2.45) is 0 Å². The predicted molar refractivity (Wildman–Crippen MR) is 152 cm³/mol. The molecule has 0 radical (unpaired) electrons. The van der Waals surface area contributed by atoms with Crippen LogP contribution in [0.3, 0.4) is 0 Å². The summed E-state index contributed by atoms with van der Waals surface area (Å²) in [7, 11) is 1.56. The van der Waals surface area contributed by atoms with Gasteiger partial charge in [-0.2, -0.15) is 10.2 Å². The number of nitrogens with one attached hydrogen (secondary N) is 2. The lowest BCUT2D eigenvalue weighted by molar-refractivity contribution is -0.123. The van der Waals surface area contributed by atoms with Gasteiger partial charge in [-0.25, -0.2) is 9.67 Å². The second-order valence-electron chi connectivity index (χ2n) is 9.95. The van der Waals surface area contributed by atoms with E-state index in [0.29, 0.717) is 35.3 Å². The van der Waals surface area contributed by atoms with Crippen LogP contribution in [0.25, 0.3) is 22.3 Å². The van der Waals surface area contributed by atoms with E-state index in [9.17, 15) is 4.79 Å². The normalized spacial score (nSPS) is 14.1. The van der Waals surface area contributed by atoms with Gasteiger partial charge in [-0.1, -0.05) is 17.7 Å². The Morgan fingerprint density at radius 2 is 2.00 bits per heavy atom. The van der Waals surface area contributed by atoms with E-state index in [1.54, 1.807) is 19.4 Å². The number of morpholine rings is 1. The molecule has 5 rings (SSSR count). The number of carbonyl (C=O) groups is 1. The second-order valence-corrected chi connectivity index (χ2v) is 10.3. The Morgan fingerprint density at radius 3 is 2.77 bits per heavy atom. The summed E-state index contributed by atoms with van der Waals surface area (Å²) in [5.74, 6) is 2.14. The average Bonchev–Trinajstić information content (AvgIpc) is 3.60. The summed E-state index contributed by atoms with van der Waals surface area (Å²) in [4.78, 5) is 19.3. The largest absolute Gasteiger partial charge is 0.493 e. The molecule has 40 heavy (non-hydrogen) atoms. The van der Waals surface area contributed by atoms with Crippen molar-refractivity contribution >= 4 is 28.4 Å². The van der Waals surface area contributed by atoms with E-state index in [1.807, 2.05) is 42.8 Å².